The first kappa shape index (κ1) is 17.4. The van der Waals surface area contributed by atoms with Gasteiger partial charge >= 0.3 is 5.91 Å². The predicted molar refractivity (Wildman–Crippen MR) is 103 cm³/mol. The molecule has 7 nitrogen and oxygen atoms in total. The number of oxazole rings is 1. The first-order chi connectivity index (χ1) is 12.9. The summed E-state index contributed by atoms with van der Waals surface area (Å²) in [6, 6.07) is 14.0. The zero-order valence-electron chi connectivity index (χ0n) is 14.0. The van der Waals surface area contributed by atoms with Gasteiger partial charge in [-0.2, -0.15) is 0 Å². The zero-order valence-corrected chi connectivity index (χ0v) is 15.7. The van der Waals surface area contributed by atoms with Crippen molar-refractivity contribution in [2.24, 2.45) is 0 Å². The van der Waals surface area contributed by atoms with Crippen molar-refractivity contribution >= 4 is 42.4 Å². The van der Waals surface area contributed by atoms with Gasteiger partial charge in [-0.15, -0.1) is 0 Å². The number of aromatic nitrogens is 2. The first-order valence-electron chi connectivity index (χ1n) is 7.83. The average Bonchev–Trinajstić information content (AvgIpc) is 3.27. The number of benzene rings is 2. The van der Waals surface area contributed by atoms with E-state index in [2.05, 4.69) is 15.3 Å². The van der Waals surface area contributed by atoms with Gasteiger partial charge in [0.2, 0.25) is 0 Å². The van der Waals surface area contributed by atoms with Gasteiger partial charge in [0.25, 0.3) is 5.89 Å². The molecule has 27 heavy (non-hydrogen) atoms. The summed E-state index contributed by atoms with van der Waals surface area (Å²) in [6.07, 6.45) is 2.63. The van der Waals surface area contributed by atoms with Gasteiger partial charge < -0.3 is 4.42 Å². The van der Waals surface area contributed by atoms with Crippen LogP contribution in [0.25, 0.3) is 21.5 Å². The Hall–Kier alpha value is -3.04. The molecule has 0 aliphatic heterocycles. The number of rotatable bonds is 4. The molecule has 0 aliphatic rings. The minimum absolute atomic E-state index is 0.0788. The molecule has 0 saturated heterocycles. The monoisotopic (exact) mass is 399 g/mol. The van der Waals surface area contributed by atoms with Gasteiger partial charge in [-0.05, 0) is 18.2 Å². The van der Waals surface area contributed by atoms with Crippen LogP contribution in [-0.4, -0.2) is 30.5 Å². The molecule has 0 fully saturated rings. The maximum atomic E-state index is 12.4. The third kappa shape index (κ3) is 3.60. The van der Waals surface area contributed by atoms with Crippen molar-refractivity contribution in [3.05, 3.63) is 60.6 Å². The molecule has 0 saturated carbocycles. The van der Waals surface area contributed by atoms with Crippen LogP contribution < -0.4 is 5.32 Å². The molecule has 0 radical (unpaired) electrons. The second kappa shape index (κ2) is 6.60. The van der Waals surface area contributed by atoms with E-state index in [1.807, 2.05) is 30.3 Å². The van der Waals surface area contributed by atoms with Crippen molar-refractivity contribution in [1.82, 2.24) is 9.97 Å². The lowest BCUT2D eigenvalue weighted by Crippen LogP contribution is -2.11. The zero-order chi connectivity index (χ0) is 19.0. The van der Waals surface area contributed by atoms with Crippen LogP contribution >= 0.6 is 11.3 Å². The Kier molecular flexibility index (Phi) is 4.25. The van der Waals surface area contributed by atoms with Crippen molar-refractivity contribution in [3.63, 3.8) is 0 Å². The molecule has 0 spiro atoms. The molecule has 4 rings (SSSR count). The fraction of sp³-hybridized carbons (Fsp3) is 0.0556. The van der Waals surface area contributed by atoms with Crippen molar-refractivity contribution in [2.75, 3.05) is 11.6 Å². The van der Waals surface area contributed by atoms with Crippen LogP contribution in [0.5, 0.6) is 0 Å². The van der Waals surface area contributed by atoms with Crippen molar-refractivity contribution < 1.29 is 17.6 Å². The van der Waals surface area contributed by atoms with E-state index in [1.54, 1.807) is 6.07 Å². The summed E-state index contributed by atoms with van der Waals surface area (Å²) in [4.78, 5) is 20.9. The molecule has 0 unspecified atom stereocenters. The quantitative estimate of drug-likeness (QED) is 0.562. The van der Waals surface area contributed by atoms with Gasteiger partial charge in [0, 0.05) is 11.8 Å². The number of carbonyl (C=O) groups excluding carboxylic acids is 1. The summed E-state index contributed by atoms with van der Waals surface area (Å²) in [6.45, 7) is 0. The molecule has 0 bridgehead atoms. The summed E-state index contributed by atoms with van der Waals surface area (Å²) < 4.78 is 29.5. The Morgan fingerprint density at radius 1 is 1.15 bits per heavy atom. The molecular formula is C18H13N3O4S2. The highest BCUT2D eigenvalue weighted by Gasteiger charge is 2.17. The lowest BCUT2D eigenvalue weighted by Gasteiger charge is -1.97. The Bertz CT molecular complexity index is 1240. The summed E-state index contributed by atoms with van der Waals surface area (Å²) >= 11 is 1.18. The largest absolute Gasteiger partial charge is 0.432 e. The lowest BCUT2D eigenvalue weighted by atomic mass is 10.2. The summed E-state index contributed by atoms with van der Waals surface area (Å²) in [7, 11) is -3.31. The topological polar surface area (TPSA) is 102 Å². The SMILES string of the molecule is CS(=O)(=O)c1ccc2nc(NC(=O)c3ncc(-c4ccccc4)o3)sc2c1. The van der Waals surface area contributed by atoms with Crippen LogP contribution in [0.3, 0.4) is 0 Å². The van der Waals surface area contributed by atoms with Crippen molar-refractivity contribution in [1.29, 1.82) is 0 Å². The van der Waals surface area contributed by atoms with Crippen LogP contribution in [0.15, 0.2) is 64.0 Å². The normalized spacial score (nSPS) is 11.6. The van der Waals surface area contributed by atoms with Crippen molar-refractivity contribution in [3.8, 4) is 11.3 Å². The van der Waals surface area contributed by atoms with Crippen LogP contribution in [0.4, 0.5) is 5.13 Å². The minimum Gasteiger partial charge on any atom is -0.432 e. The summed E-state index contributed by atoms with van der Waals surface area (Å²) in [5.41, 5.74) is 1.41. The number of amides is 1. The van der Waals surface area contributed by atoms with Gasteiger partial charge in [-0.3, -0.25) is 10.1 Å². The maximum Gasteiger partial charge on any atom is 0.313 e. The minimum atomic E-state index is -3.31. The van der Waals surface area contributed by atoms with E-state index in [0.29, 0.717) is 21.1 Å². The van der Waals surface area contributed by atoms with Gasteiger partial charge in [-0.1, -0.05) is 41.7 Å². The number of sulfone groups is 1. The van der Waals surface area contributed by atoms with Gasteiger partial charge in [0.1, 0.15) is 0 Å². The third-order valence-corrected chi connectivity index (χ3v) is 5.81. The molecule has 1 amide bonds. The van der Waals surface area contributed by atoms with E-state index in [0.717, 1.165) is 11.8 Å². The van der Waals surface area contributed by atoms with E-state index in [-0.39, 0.29) is 10.8 Å². The fourth-order valence-electron chi connectivity index (χ4n) is 2.45. The molecule has 4 aromatic rings. The van der Waals surface area contributed by atoms with E-state index in [9.17, 15) is 13.2 Å². The molecule has 136 valence electrons. The van der Waals surface area contributed by atoms with E-state index >= 15 is 0 Å². The number of anilines is 1. The van der Waals surface area contributed by atoms with E-state index < -0.39 is 15.7 Å². The van der Waals surface area contributed by atoms with Gasteiger partial charge in [-0.25, -0.2) is 18.4 Å². The van der Waals surface area contributed by atoms with E-state index in [1.165, 1.54) is 29.7 Å². The smallest absolute Gasteiger partial charge is 0.313 e. The summed E-state index contributed by atoms with van der Waals surface area (Å²) in [5.74, 6) is -0.118. The lowest BCUT2D eigenvalue weighted by molar-refractivity contribution is 0.0991. The fourth-order valence-corrected chi connectivity index (χ4v) is 4.08. The number of thiazole rings is 1. The Morgan fingerprint density at radius 2 is 1.93 bits per heavy atom. The average molecular weight is 399 g/mol. The number of hydrogen-bond donors (Lipinski definition) is 1. The van der Waals surface area contributed by atoms with Crippen LogP contribution in [0.1, 0.15) is 10.7 Å². The molecule has 9 heteroatoms. The Morgan fingerprint density at radius 3 is 2.67 bits per heavy atom. The van der Waals surface area contributed by atoms with Crippen molar-refractivity contribution in [2.45, 2.75) is 4.90 Å². The first-order valence-corrected chi connectivity index (χ1v) is 10.5. The van der Waals surface area contributed by atoms with E-state index in [4.69, 9.17) is 4.42 Å². The number of hydrogen-bond acceptors (Lipinski definition) is 7. The highest BCUT2D eigenvalue weighted by atomic mass is 32.2. The maximum absolute atomic E-state index is 12.4. The Labute approximate surface area is 158 Å². The molecule has 2 heterocycles. The number of nitrogens with one attached hydrogen (secondary N) is 1. The highest BCUT2D eigenvalue weighted by molar-refractivity contribution is 7.90. The number of carbonyl (C=O) groups is 1. The van der Waals surface area contributed by atoms with Crippen LogP contribution in [0, 0.1) is 0 Å². The standard InChI is InChI=1S/C18H13N3O4S2/c1-27(23,24)12-7-8-13-15(9-12)26-18(20-13)21-16(22)17-19-10-14(25-17)11-5-3-2-4-6-11/h2-10H,1H3,(H,20,21,22). The number of nitrogens with zero attached hydrogens (tertiary/aromatic N) is 2. The third-order valence-electron chi connectivity index (χ3n) is 3.77. The van der Waals surface area contributed by atoms with Gasteiger partial charge in [0.05, 0.1) is 21.3 Å². The second-order valence-corrected chi connectivity index (χ2v) is 8.82. The Balaban J connectivity index is 1.57. The van der Waals surface area contributed by atoms with Crippen LogP contribution in [0.2, 0.25) is 0 Å². The molecule has 1 N–H and O–H groups in total. The second-order valence-electron chi connectivity index (χ2n) is 5.77. The summed E-state index contributed by atoms with van der Waals surface area (Å²) in [5, 5.41) is 2.97. The molecular weight excluding hydrogens is 386 g/mol. The predicted octanol–water partition coefficient (Wildman–Crippen LogP) is 3.61. The number of fused-ring (bicyclic) bond motifs is 1. The molecule has 0 aliphatic carbocycles. The highest BCUT2D eigenvalue weighted by Crippen LogP contribution is 2.28. The van der Waals surface area contributed by atoms with Gasteiger partial charge in [0.15, 0.2) is 20.7 Å². The van der Waals surface area contributed by atoms with Crippen LogP contribution in [-0.2, 0) is 9.84 Å². The molecule has 0 atom stereocenters. The molecule has 2 aromatic carbocycles. The molecule has 2 aromatic heterocycles.